The average Bonchev–Trinajstić information content (AvgIpc) is 2.20. The van der Waals surface area contributed by atoms with E-state index in [1.807, 2.05) is 20.8 Å². The van der Waals surface area contributed by atoms with Gasteiger partial charge in [-0.15, -0.1) is 0 Å². The zero-order valence-electron chi connectivity index (χ0n) is 12.4. The van der Waals surface area contributed by atoms with Crippen LogP contribution in [0.4, 0.5) is 0 Å². The molecular formula is C16H27NO2. The summed E-state index contributed by atoms with van der Waals surface area (Å²) in [6.07, 6.45) is 6.74. The lowest BCUT2D eigenvalue weighted by Gasteiger charge is -2.59. The average molecular weight is 265 g/mol. The van der Waals surface area contributed by atoms with Gasteiger partial charge in [-0.3, -0.25) is 4.79 Å². The van der Waals surface area contributed by atoms with E-state index in [4.69, 9.17) is 10.5 Å². The summed E-state index contributed by atoms with van der Waals surface area (Å²) in [5, 5.41) is 0. The first kappa shape index (κ1) is 13.4. The van der Waals surface area contributed by atoms with Gasteiger partial charge in [0.2, 0.25) is 0 Å². The van der Waals surface area contributed by atoms with E-state index in [1.165, 1.54) is 19.3 Å². The molecule has 0 heterocycles. The van der Waals surface area contributed by atoms with Crippen molar-refractivity contribution < 1.29 is 9.53 Å². The van der Waals surface area contributed by atoms with Gasteiger partial charge >= 0.3 is 5.97 Å². The third-order valence-corrected chi connectivity index (χ3v) is 5.41. The molecule has 3 heteroatoms. The van der Waals surface area contributed by atoms with Crippen LogP contribution in [0.15, 0.2) is 0 Å². The lowest BCUT2D eigenvalue weighted by molar-refractivity contribution is -0.163. The summed E-state index contributed by atoms with van der Waals surface area (Å²) < 4.78 is 5.53. The molecule has 0 radical (unpaired) electrons. The molecule has 108 valence electrons. The molecule has 3 unspecified atom stereocenters. The van der Waals surface area contributed by atoms with E-state index in [2.05, 4.69) is 0 Å². The van der Waals surface area contributed by atoms with Crippen molar-refractivity contribution in [3.05, 3.63) is 0 Å². The Morgan fingerprint density at radius 3 is 2.32 bits per heavy atom. The number of hydrogen-bond donors (Lipinski definition) is 1. The molecule has 0 aliphatic heterocycles. The smallest absolute Gasteiger partial charge is 0.306 e. The van der Waals surface area contributed by atoms with E-state index in [-0.39, 0.29) is 17.0 Å². The quantitative estimate of drug-likeness (QED) is 0.781. The zero-order chi connectivity index (χ0) is 13.8. The van der Waals surface area contributed by atoms with Crippen LogP contribution in [0.5, 0.6) is 0 Å². The summed E-state index contributed by atoms with van der Waals surface area (Å²) in [5.41, 5.74) is 6.19. The lowest BCUT2D eigenvalue weighted by Crippen LogP contribution is -2.57. The topological polar surface area (TPSA) is 52.3 Å². The van der Waals surface area contributed by atoms with Crippen LogP contribution in [0, 0.1) is 23.2 Å². The van der Waals surface area contributed by atoms with E-state index in [1.54, 1.807) is 0 Å². The molecule has 0 aromatic rings. The van der Waals surface area contributed by atoms with Gasteiger partial charge in [-0.2, -0.15) is 0 Å². The van der Waals surface area contributed by atoms with E-state index < -0.39 is 0 Å². The molecule has 4 bridgehead atoms. The van der Waals surface area contributed by atoms with Crippen LogP contribution < -0.4 is 5.73 Å². The Morgan fingerprint density at radius 1 is 1.21 bits per heavy atom. The van der Waals surface area contributed by atoms with Gasteiger partial charge in [0.1, 0.15) is 5.60 Å². The molecule has 19 heavy (non-hydrogen) atoms. The van der Waals surface area contributed by atoms with Crippen LogP contribution in [-0.4, -0.2) is 17.6 Å². The molecule has 3 nitrogen and oxygen atoms in total. The van der Waals surface area contributed by atoms with Crippen LogP contribution in [0.3, 0.4) is 0 Å². The van der Waals surface area contributed by atoms with Crippen molar-refractivity contribution in [2.45, 2.75) is 70.9 Å². The fourth-order valence-corrected chi connectivity index (χ4v) is 5.13. The normalized spacial score (nSPS) is 44.4. The number of esters is 1. The molecule has 4 saturated carbocycles. The number of hydrogen-bond acceptors (Lipinski definition) is 3. The maximum Gasteiger partial charge on any atom is 0.306 e. The Kier molecular flexibility index (Phi) is 2.97. The van der Waals surface area contributed by atoms with Gasteiger partial charge in [0.25, 0.3) is 0 Å². The second-order valence-corrected chi connectivity index (χ2v) is 8.31. The van der Waals surface area contributed by atoms with Gasteiger partial charge in [0, 0.05) is 6.04 Å². The maximum absolute atomic E-state index is 12.2. The fourth-order valence-electron chi connectivity index (χ4n) is 5.13. The molecule has 0 amide bonds. The van der Waals surface area contributed by atoms with Crippen LogP contribution in [0.1, 0.15) is 59.3 Å². The van der Waals surface area contributed by atoms with Crippen LogP contribution in [-0.2, 0) is 9.53 Å². The minimum Gasteiger partial charge on any atom is -0.460 e. The Morgan fingerprint density at radius 2 is 1.79 bits per heavy atom. The van der Waals surface area contributed by atoms with Gasteiger partial charge in [-0.25, -0.2) is 0 Å². The number of nitrogens with two attached hydrogens (primary N) is 1. The van der Waals surface area contributed by atoms with E-state index >= 15 is 0 Å². The largest absolute Gasteiger partial charge is 0.460 e. The van der Waals surface area contributed by atoms with Crippen molar-refractivity contribution in [2.24, 2.45) is 28.9 Å². The summed E-state index contributed by atoms with van der Waals surface area (Å²) in [5.74, 6) is 2.13. The predicted octanol–water partition coefficient (Wildman–Crippen LogP) is 2.87. The molecule has 0 aromatic carbocycles. The molecule has 4 fully saturated rings. The van der Waals surface area contributed by atoms with Gasteiger partial charge in [-0.05, 0) is 76.0 Å². The van der Waals surface area contributed by atoms with E-state index in [9.17, 15) is 4.79 Å². The molecular weight excluding hydrogens is 238 g/mol. The molecule has 2 N–H and O–H groups in total. The first-order chi connectivity index (χ1) is 8.76. The summed E-state index contributed by atoms with van der Waals surface area (Å²) in [4.78, 5) is 12.2. The number of rotatable bonds is 2. The molecule has 0 spiro atoms. The van der Waals surface area contributed by atoms with Crippen molar-refractivity contribution in [3.63, 3.8) is 0 Å². The van der Waals surface area contributed by atoms with Gasteiger partial charge in [-0.1, -0.05) is 0 Å². The van der Waals surface area contributed by atoms with Crippen molar-refractivity contribution in [3.8, 4) is 0 Å². The highest BCUT2D eigenvalue weighted by Crippen LogP contribution is 2.61. The Balaban J connectivity index is 1.70. The predicted molar refractivity (Wildman–Crippen MR) is 74.4 cm³/mol. The first-order valence-corrected chi connectivity index (χ1v) is 7.74. The highest BCUT2D eigenvalue weighted by molar-refractivity contribution is 5.71. The molecule has 4 aliphatic carbocycles. The third-order valence-electron chi connectivity index (χ3n) is 5.41. The maximum atomic E-state index is 12.2. The highest BCUT2D eigenvalue weighted by Gasteiger charge is 2.55. The summed E-state index contributed by atoms with van der Waals surface area (Å²) in [6.45, 7) is 5.83. The molecule has 0 saturated heterocycles. The van der Waals surface area contributed by atoms with Crippen molar-refractivity contribution in [1.82, 2.24) is 0 Å². The van der Waals surface area contributed by atoms with Gasteiger partial charge < -0.3 is 10.5 Å². The second kappa shape index (κ2) is 4.21. The summed E-state index contributed by atoms with van der Waals surface area (Å²) >= 11 is 0. The minimum absolute atomic E-state index is 0.0111. The van der Waals surface area contributed by atoms with Crippen LogP contribution in [0.25, 0.3) is 0 Å². The number of ether oxygens (including phenoxy) is 1. The SMILES string of the molecule is CC(C)(C)OC(=O)CC12CC3C[C@H](C1)C(N)[C@@H](C3)C2. The van der Waals surface area contributed by atoms with Crippen LogP contribution in [0.2, 0.25) is 0 Å². The second-order valence-electron chi connectivity index (χ2n) is 8.31. The Bertz CT molecular complexity index is 369. The summed E-state index contributed by atoms with van der Waals surface area (Å²) in [6, 6.07) is 0.392. The molecule has 4 aliphatic rings. The third kappa shape index (κ3) is 2.54. The number of carbonyl (C=O) groups is 1. The summed E-state index contributed by atoms with van der Waals surface area (Å²) in [7, 11) is 0. The minimum atomic E-state index is -0.365. The first-order valence-electron chi connectivity index (χ1n) is 7.74. The highest BCUT2D eigenvalue weighted by atomic mass is 16.6. The van der Waals surface area contributed by atoms with Gasteiger partial charge in [0.15, 0.2) is 0 Å². The standard InChI is InChI=1S/C16H27NO2/c1-15(2,3)19-13(18)9-16-6-10-4-11(7-16)14(17)12(5-10)8-16/h10-12,14H,4-9,17H2,1-3H3/t10?,11-,12+,14?,16?. The molecule has 5 atom stereocenters. The molecule has 4 rings (SSSR count). The van der Waals surface area contributed by atoms with E-state index in [0.29, 0.717) is 24.3 Å². The number of carbonyl (C=O) groups excluding carboxylic acids is 1. The Hall–Kier alpha value is -0.570. The van der Waals surface area contributed by atoms with Crippen molar-refractivity contribution in [2.75, 3.05) is 0 Å². The fraction of sp³-hybridized carbons (Fsp3) is 0.938. The van der Waals surface area contributed by atoms with Crippen LogP contribution >= 0.6 is 0 Å². The van der Waals surface area contributed by atoms with E-state index in [0.717, 1.165) is 18.8 Å². The van der Waals surface area contributed by atoms with Gasteiger partial charge in [0.05, 0.1) is 6.42 Å². The monoisotopic (exact) mass is 265 g/mol. The van der Waals surface area contributed by atoms with Crippen molar-refractivity contribution in [1.29, 1.82) is 0 Å². The van der Waals surface area contributed by atoms with Crippen molar-refractivity contribution >= 4 is 5.97 Å². The lowest BCUT2D eigenvalue weighted by atomic mass is 9.47. The Labute approximate surface area is 116 Å². The zero-order valence-corrected chi connectivity index (χ0v) is 12.4. The molecule has 0 aromatic heterocycles.